The first-order chi connectivity index (χ1) is 17.1. The van der Waals surface area contributed by atoms with Crippen LogP contribution < -0.4 is 14.4 Å². The van der Waals surface area contributed by atoms with Crippen molar-refractivity contribution in [2.75, 3.05) is 52.1 Å². The number of rotatable bonds is 7. The van der Waals surface area contributed by atoms with Gasteiger partial charge in [0.25, 0.3) is 5.88 Å². The van der Waals surface area contributed by atoms with Crippen LogP contribution in [-0.4, -0.2) is 62.8 Å². The smallest absolute Gasteiger partial charge is 0.257 e. The molecule has 35 heavy (non-hydrogen) atoms. The van der Waals surface area contributed by atoms with E-state index in [0.29, 0.717) is 17.8 Å². The third kappa shape index (κ3) is 4.71. The van der Waals surface area contributed by atoms with Crippen molar-refractivity contribution in [3.8, 4) is 22.9 Å². The second kappa shape index (κ2) is 10.5. The predicted octanol–water partition coefficient (Wildman–Crippen LogP) is 5.05. The van der Waals surface area contributed by atoms with E-state index in [1.165, 1.54) is 5.56 Å². The molecule has 2 aromatic heterocycles. The monoisotopic (exact) mass is 479 g/mol. The fourth-order valence-electron chi connectivity index (χ4n) is 5.68. The second-order valence-electron chi connectivity index (χ2n) is 9.78. The summed E-state index contributed by atoms with van der Waals surface area (Å²) >= 11 is 0. The molecule has 0 amide bonds. The highest BCUT2D eigenvalue weighted by atomic mass is 16.5. The molecule has 2 aliphatic heterocycles. The third-order valence-corrected chi connectivity index (χ3v) is 7.43. The van der Waals surface area contributed by atoms with E-state index >= 15 is 0 Å². The molecule has 2 aliphatic rings. The Balaban J connectivity index is 1.65. The van der Waals surface area contributed by atoms with Crippen molar-refractivity contribution in [2.45, 2.75) is 45.6 Å². The van der Waals surface area contributed by atoms with Crippen molar-refractivity contribution < 1.29 is 18.9 Å². The summed E-state index contributed by atoms with van der Waals surface area (Å²) in [4.78, 5) is 2.56. The van der Waals surface area contributed by atoms with Crippen molar-refractivity contribution in [3.63, 3.8) is 0 Å². The molecule has 5 rings (SSSR count). The lowest BCUT2D eigenvalue weighted by atomic mass is 9.96. The molecule has 0 unspecified atom stereocenters. The Morgan fingerprint density at radius 1 is 0.971 bits per heavy atom. The molecule has 2 saturated heterocycles. The Bertz CT molecular complexity index is 1160. The summed E-state index contributed by atoms with van der Waals surface area (Å²) in [5.74, 6) is 2.11. The van der Waals surface area contributed by atoms with Gasteiger partial charge in [0.2, 0.25) is 0 Å². The van der Waals surface area contributed by atoms with Gasteiger partial charge in [-0.25, -0.2) is 4.52 Å². The average molecular weight is 480 g/mol. The number of hydrogen-bond donors (Lipinski definition) is 0. The standard InChI is InChI=1S/C28H37N3O4/c1-19-16-20(2)26(25(17-19)32-3)23-6-5-7-24-27(28(33-4)29-31(23)24)30(22-10-14-35-15-11-22)18-21-8-12-34-13-9-21/h5-7,16-17,21-22H,8-15,18H2,1-4H3. The van der Waals surface area contributed by atoms with Crippen LogP contribution in [0.4, 0.5) is 5.69 Å². The molecule has 7 heteroatoms. The van der Waals surface area contributed by atoms with Gasteiger partial charge in [-0.05, 0) is 74.8 Å². The number of aromatic nitrogens is 2. The SMILES string of the molecule is COc1cc(C)cc(C)c1-c1cccc2c(N(CC3CCOCC3)C3CCOCC3)c(OC)nn12. The van der Waals surface area contributed by atoms with Gasteiger partial charge in [-0.2, -0.15) is 0 Å². The third-order valence-electron chi connectivity index (χ3n) is 7.43. The molecule has 3 aromatic rings. The van der Waals surface area contributed by atoms with Crippen molar-refractivity contribution in [1.29, 1.82) is 0 Å². The molecule has 1 aromatic carbocycles. The van der Waals surface area contributed by atoms with E-state index in [4.69, 9.17) is 24.0 Å². The quantitative estimate of drug-likeness (QED) is 0.473. The molecule has 0 N–H and O–H groups in total. The highest BCUT2D eigenvalue weighted by Gasteiger charge is 2.31. The average Bonchev–Trinajstić information content (AvgIpc) is 3.27. The zero-order valence-corrected chi connectivity index (χ0v) is 21.4. The molecule has 0 spiro atoms. The van der Waals surface area contributed by atoms with Crippen molar-refractivity contribution in [3.05, 3.63) is 41.5 Å². The topological polar surface area (TPSA) is 57.5 Å². The Morgan fingerprint density at radius 2 is 1.69 bits per heavy atom. The van der Waals surface area contributed by atoms with Crippen LogP contribution in [0.3, 0.4) is 0 Å². The fraction of sp³-hybridized carbons (Fsp3) is 0.536. The minimum absolute atomic E-state index is 0.396. The Kier molecular flexibility index (Phi) is 7.16. The highest BCUT2D eigenvalue weighted by molar-refractivity contribution is 5.83. The fourth-order valence-corrected chi connectivity index (χ4v) is 5.68. The number of ether oxygens (including phenoxy) is 4. The van der Waals surface area contributed by atoms with E-state index in [-0.39, 0.29) is 0 Å². The molecule has 4 heterocycles. The number of hydrogen-bond acceptors (Lipinski definition) is 6. The van der Waals surface area contributed by atoms with Crippen molar-refractivity contribution in [1.82, 2.24) is 9.61 Å². The van der Waals surface area contributed by atoms with Crippen LogP contribution >= 0.6 is 0 Å². The van der Waals surface area contributed by atoms with Gasteiger partial charge in [-0.3, -0.25) is 0 Å². The number of nitrogens with zero attached hydrogens (tertiary/aromatic N) is 3. The molecule has 0 atom stereocenters. The van der Waals surface area contributed by atoms with Gasteiger partial charge in [0.15, 0.2) is 0 Å². The van der Waals surface area contributed by atoms with E-state index in [1.807, 2.05) is 4.52 Å². The molecule has 0 aliphatic carbocycles. The summed E-state index contributed by atoms with van der Waals surface area (Å²) in [6.45, 7) is 8.47. The summed E-state index contributed by atoms with van der Waals surface area (Å²) in [5, 5.41) is 5.00. The maximum Gasteiger partial charge on any atom is 0.257 e. The van der Waals surface area contributed by atoms with Gasteiger partial charge in [0.1, 0.15) is 11.4 Å². The lowest BCUT2D eigenvalue weighted by molar-refractivity contribution is 0.0625. The molecule has 7 nitrogen and oxygen atoms in total. The zero-order chi connectivity index (χ0) is 24.4. The minimum atomic E-state index is 0.396. The predicted molar refractivity (Wildman–Crippen MR) is 138 cm³/mol. The first-order valence-corrected chi connectivity index (χ1v) is 12.7. The maximum atomic E-state index is 5.93. The molecule has 0 bridgehead atoms. The van der Waals surface area contributed by atoms with Gasteiger partial charge < -0.3 is 23.8 Å². The number of pyridine rings is 1. The van der Waals surface area contributed by atoms with Crippen LogP contribution in [0, 0.1) is 19.8 Å². The number of anilines is 1. The molecule has 188 valence electrons. The van der Waals surface area contributed by atoms with Crippen LogP contribution in [0.1, 0.15) is 36.8 Å². The van der Waals surface area contributed by atoms with Gasteiger partial charge in [0, 0.05) is 44.6 Å². The van der Waals surface area contributed by atoms with E-state index in [0.717, 1.165) is 92.4 Å². The Labute approximate surface area is 207 Å². The normalized spacial score (nSPS) is 17.6. The Hall–Kier alpha value is -2.77. The van der Waals surface area contributed by atoms with Gasteiger partial charge in [-0.15, -0.1) is 5.10 Å². The number of aryl methyl sites for hydroxylation is 2. The number of methoxy groups -OCH3 is 2. The van der Waals surface area contributed by atoms with Crippen LogP contribution in [-0.2, 0) is 9.47 Å². The lowest BCUT2D eigenvalue weighted by Crippen LogP contribution is -2.43. The summed E-state index contributed by atoms with van der Waals surface area (Å²) < 4.78 is 25.1. The summed E-state index contributed by atoms with van der Waals surface area (Å²) in [6.07, 6.45) is 4.20. The molecule has 0 saturated carbocycles. The largest absolute Gasteiger partial charge is 0.496 e. The van der Waals surface area contributed by atoms with Gasteiger partial charge in [-0.1, -0.05) is 12.1 Å². The molecular weight excluding hydrogens is 442 g/mol. The van der Waals surface area contributed by atoms with Crippen LogP contribution in [0.5, 0.6) is 11.6 Å². The number of benzene rings is 1. The van der Waals surface area contributed by atoms with Crippen molar-refractivity contribution >= 4 is 11.2 Å². The first kappa shape index (κ1) is 23.9. The maximum absolute atomic E-state index is 5.93. The summed E-state index contributed by atoms with van der Waals surface area (Å²) in [7, 11) is 3.45. The van der Waals surface area contributed by atoms with Crippen LogP contribution in [0.2, 0.25) is 0 Å². The molecular formula is C28H37N3O4. The lowest BCUT2D eigenvalue weighted by Gasteiger charge is -2.38. The molecule has 0 radical (unpaired) electrons. The van der Waals surface area contributed by atoms with E-state index in [2.05, 4.69) is 49.1 Å². The first-order valence-electron chi connectivity index (χ1n) is 12.7. The van der Waals surface area contributed by atoms with Crippen molar-refractivity contribution in [2.24, 2.45) is 5.92 Å². The Morgan fingerprint density at radius 3 is 2.37 bits per heavy atom. The van der Waals surface area contributed by atoms with E-state index < -0.39 is 0 Å². The highest BCUT2D eigenvalue weighted by Crippen LogP contribution is 2.41. The second-order valence-corrected chi connectivity index (χ2v) is 9.78. The van der Waals surface area contributed by atoms with Gasteiger partial charge in [0.05, 0.1) is 25.4 Å². The summed E-state index contributed by atoms with van der Waals surface area (Å²) in [6, 6.07) is 11.1. The molecule has 2 fully saturated rings. The number of fused-ring (bicyclic) bond motifs is 1. The van der Waals surface area contributed by atoms with Crippen LogP contribution in [0.15, 0.2) is 30.3 Å². The zero-order valence-electron chi connectivity index (χ0n) is 21.4. The summed E-state index contributed by atoms with van der Waals surface area (Å²) in [5.41, 5.74) is 6.53. The van der Waals surface area contributed by atoms with Gasteiger partial charge >= 0.3 is 0 Å². The minimum Gasteiger partial charge on any atom is -0.496 e. The van der Waals surface area contributed by atoms with E-state index in [9.17, 15) is 0 Å². The van der Waals surface area contributed by atoms with E-state index in [1.54, 1.807) is 14.2 Å². The van der Waals surface area contributed by atoms with Crippen LogP contribution in [0.25, 0.3) is 16.8 Å².